The Balaban J connectivity index is 1.79. The molecule has 2 aromatic heterocycles. The lowest BCUT2D eigenvalue weighted by molar-refractivity contribution is 0.0301. The molecule has 0 unspecified atom stereocenters. The van der Waals surface area contributed by atoms with Crippen molar-refractivity contribution in [1.82, 2.24) is 20.2 Å². The third kappa shape index (κ3) is 4.42. The fourth-order valence-electron chi connectivity index (χ4n) is 3.54. The lowest BCUT2D eigenvalue weighted by atomic mass is 10.1. The lowest BCUT2D eigenvalue weighted by Crippen LogP contribution is -2.54. The third-order valence-electron chi connectivity index (χ3n) is 5.21. The maximum atomic E-state index is 15.2. The van der Waals surface area contributed by atoms with Gasteiger partial charge in [-0.2, -0.15) is 0 Å². The van der Waals surface area contributed by atoms with Gasteiger partial charge in [-0.05, 0) is 32.0 Å². The van der Waals surface area contributed by atoms with E-state index in [2.05, 4.69) is 15.3 Å². The Morgan fingerprint density at radius 1 is 1.34 bits per heavy atom. The first-order valence-electron chi connectivity index (χ1n) is 10.1. The average Bonchev–Trinajstić information content (AvgIpc) is 3.16. The molecular formula is C21H23F2N5O3S. The van der Waals surface area contributed by atoms with Crippen LogP contribution in [-0.4, -0.2) is 62.9 Å². The second kappa shape index (κ2) is 9.02. The molecule has 3 N–H and O–H groups in total. The number of carbonyl (C=O) groups is 1. The maximum Gasteiger partial charge on any atom is 0.332 e. The monoisotopic (exact) mass is 463 g/mol. The van der Waals surface area contributed by atoms with Gasteiger partial charge in [-0.15, -0.1) is 0 Å². The Kier molecular flexibility index (Phi) is 6.33. The number of thiazole rings is 1. The summed E-state index contributed by atoms with van der Waals surface area (Å²) in [7, 11) is 0. The van der Waals surface area contributed by atoms with E-state index in [4.69, 9.17) is 0 Å². The van der Waals surface area contributed by atoms with Crippen LogP contribution in [0.2, 0.25) is 0 Å². The van der Waals surface area contributed by atoms with Crippen molar-refractivity contribution >= 4 is 38.5 Å². The molecule has 8 nitrogen and oxygen atoms in total. The van der Waals surface area contributed by atoms with E-state index in [1.807, 2.05) is 6.92 Å². The zero-order chi connectivity index (χ0) is 23.0. The molecular weight excluding hydrogens is 440 g/mol. The summed E-state index contributed by atoms with van der Waals surface area (Å²) in [6.07, 6.45) is -1.24. The second-order valence-electron chi connectivity index (χ2n) is 7.79. The number of piperazine rings is 1. The minimum atomic E-state index is -1.32. The number of amides is 2. The summed E-state index contributed by atoms with van der Waals surface area (Å²) in [6.45, 7) is 4.73. The maximum absolute atomic E-state index is 15.2. The van der Waals surface area contributed by atoms with Crippen molar-refractivity contribution in [2.24, 2.45) is 0 Å². The first kappa shape index (κ1) is 22.5. The van der Waals surface area contributed by atoms with Crippen LogP contribution in [0, 0.1) is 11.6 Å². The number of anilines is 2. The standard InChI is InChI=1S/C21H23F2N5O3S/c1-11-10-27(6-5-24-11)21(31)28(20-26-16-8-14(22)3-4-17(16)32-20)19-15(23)7-13(9-25-19)18(30)12(2)29/h3-4,7-9,11-12,18,24,29-30H,5-6,10H2,1-2H3/t11-,12+,18-/m0/s1. The van der Waals surface area contributed by atoms with Gasteiger partial charge in [0.15, 0.2) is 11.6 Å². The summed E-state index contributed by atoms with van der Waals surface area (Å²) >= 11 is 1.12. The van der Waals surface area contributed by atoms with Crippen molar-refractivity contribution in [3.05, 3.63) is 47.7 Å². The second-order valence-corrected chi connectivity index (χ2v) is 8.80. The first-order valence-corrected chi connectivity index (χ1v) is 11.0. The van der Waals surface area contributed by atoms with Crippen LogP contribution in [0.3, 0.4) is 0 Å². The number of nitrogens with zero attached hydrogens (tertiary/aromatic N) is 4. The average molecular weight is 464 g/mol. The minimum Gasteiger partial charge on any atom is -0.390 e. The number of aliphatic hydroxyl groups excluding tert-OH is 2. The Hall–Kier alpha value is -2.73. The van der Waals surface area contributed by atoms with Gasteiger partial charge in [0.1, 0.15) is 11.9 Å². The van der Waals surface area contributed by atoms with Gasteiger partial charge in [-0.25, -0.2) is 28.4 Å². The normalized spacial score (nSPS) is 18.6. The molecule has 170 valence electrons. The zero-order valence-electron chi connectivity index (χ0n) is 17.5. The molecule has 0 spiro atoms. The predicted molar refractivity (Wildman–Crippen MR) is 117 cm³/mol. The molecule has 11 heteroatoms. The number of pyridine rings is 1. The SMILES string of the molecule is C[C@H]1CN(C(=O)N(c2nc3cc(F)ccc3s2)c2ncc([C@@H](O)[C@@H](C)O)cc2F)CCN1. The molecule has 32 heavy (non-hydrogen) atoms. The third-order valence-corrected chi connectivity index (χ3v) is 6.23. The minimum absolute atomic E-state index is 0.0559. The van der Waals surface area contributed by atoms with Gasteiger partial charge in [0, 0.05) is 43.5 Å². The number of halogens is 2. The number of fused-ring (bicyclic) bond motifs is 1. The highest BCUT2D eigenvalue weighted by Gasteiger charge is 2.32. The predicted octanol–water partition coefficient (Wildman–Crippen LogP) is 2.94. The summed E-state index contributed by atoms with van der Waals surface area (Å²) in [5.41, 5.74) is 0.425. The summed E-state index contributed by atoms with van der Waals surface area (Å²) in [4.78, 5) is 24.6. The van der Waals surface area contributed by atoms with E-state index in [9.17, 15) is 19.4 Å². The molecule has 3 aromatic rings. The molecule has 1 saturated heterocycles. The molecule has 1 fully saturated rings. The van der Waals surface area contributed by atoms with Crippen molar-refractivity contribution in [3.63, 3.8) is 0 Å². The van der Waals surface area contributed by atoms with E-state index in [0.717, 1.165) is 22.3 Å². The number of hydrogen-bond donors (Lipinski definition) is 3. The molecule has 0 saturated carbocycles. The molecule has 0 radical (unpaired) electrons. The summed E-state index contributed by atoms with van der Waals surface area (Å²) in [6, 6.07) is 4.67. The number of aromatic nitrogens is 2. The topological polar surface area (TPSA) is 102 Å². The van der Waals surface area contributed by atoms with Gasteiger partial charge in [0.2, 0.25) is 5.13 Å². The highest BCUT2D eigenvalue weighted by atomic mass is 32.1. The summed E-state index contributed by atoms with van der Waals surface area (Å²) < 4.78 is 29.5. The Bertz CT molecular complexity index is 1140. The highest BCUT2D eigenvalue weighted by molar-refractivity contribution is 7.22. The van der Waals surface area contributed by atoms with Crippen LogP contribution in [0.4, 0.5) is 24.5 Å². The van der Waals surface area contributed by atoms with Crippen LogP contribution in [-0.2, 0) is 0 Å². The fraction of sp³-hybridized carbons (Fsp3) is 0.381. The Labute approximate surface area is 187 Å². The van der Waals surface area contributed by atoms with E-state index in [1.165, 1.54) is 25.3 Å². The number of benzene rings is 1. The van der Waals surface area contributed by atoms with E-state index >= 15 is 4.39 Å². The van der Waals surface area contributed by atoms with Gasteiger partial charge in [0.05, 0.1) is 16.3 Å². The molecule has 0 aliphatic carbocycles. The number of nitrogens with one attached hydrogen (secondary N) is 1. The van der Waals surface area contributed by atoms with Gasteiger partial charge >= 0.3 is 6.03 Å². The lowest BCUT2D eigenvalue weighted by Gasteiger charge is -2.34. The number of rotatable bonds is 4. The summed E-state index contributed by atoms with van der Waals surface area (Å²) in [5, 5.41) is 23.0. The van der Waals surface area contributed by atoms with Crippen molar-refractivity contribution in [1.29, 1.82) is 0 Å². The van der Waals surface area contributed by atoms with Crippen LogP contribution in [0.25, 0.3) is 10.2 Å². The quantitative estimate of drug-likeness (QED) is 0.550. The van der Waals surface area contributed by atoms with Crippen molar-refractivity contribution in [2.75, 3.05) is 24.5 Å². The number of hydrogen-bond acceptors (Lipinski definition) is 7. The largest absolute Gasteiger partial charge is 0.390 e. The van der Waals surface area contributed by atoms with Crippen LogP contribution in [0.15, 0.2) is 30.5 Å². The molecule has 1 aromatic carbocycles. The van der Waals surface area contributed by atoms with E-state index in [1.54, 1.807) is 11.0 Å². The molecule has 2 amide bonds. The van der Waals surface area contributed by atoms with Crippen molar-refractivity contribution in [3.8, 4) is 0 Å². The Morgan fingerprint density at radius 2 is 2.12 bits per heavy atom. The molecule has 3 atom stereocenters. The van der Waals surface area contributed by atoms with Crippen LogP contribution >= 0.6 is 11.3 Å². The fourth-order valence-corrected chi connectivity index (χ4v) is 4.49. The van der Waals surface area contributed by atoms with Gasteiger partial charge in [-0.3, -0.25) is 0 Å². The number of urea groups is 1. The molecule has 0 bridgehead atoms. The number of carbonyl (C=O) groups excluding carboxylic acids is 1. The van der Waals surface area contributed by atoms with E-state index < -0.39 is 29.9 Å². The van der Waals surface area contributed by atoms with Gasteiger partial charge in [-0.1, -0.05) is 11.3 Å². The van der Waals surface area contributed by atoms with Crippen LogP contribution < -0.4 is 10.2 Å². The van der Waals surface area contributed by atoms with Crippen molar-refractivity contribution < 1.29 is 23.8 Å². The van der Waals surface area contributed by atoms with Gasteiger partial charge < -0.3 is 20.4 Å². The van der Waals surface area contributed by atoms with E-state index in [-0.39, 0.29) is 22.6 Å². The highest BCUT2D eigenvalue weighted by Crippen LogP contribution is 2.35. The van der Waals surface area contributed by atoms with Gasteiger partial charge in [0.25, 0.3) is 0 Å². The summed E-state index contributed by atoms with van der Waals surface area (Å²) in [5.74, 6) is -1.62. The molecule has 1 aliphatic rings. The van der Waals surface area contributed by atoms with Crippen molar-refractivity contribution in [2.45, 2.75) is 32.1 Å². The Morgan fingerprint density at radius 3 is 2.81 bits per heavy atom. The smallest absolute Gasteiger partial charge is 0.332 e. The molecule has 4 rings (SSSR count). The van der Waals surface area contributed by atoms with Crippen LogP contribution in [0.1, 0.15) is 25.5 Å². The zero-order valence-corrected chi connectivity index (χ0v) is 18.3. The molecule has 3 heterocycles. The number of aliphatic hydroxyl groups is 2. The van der Waals surface area contributed by atoms with Crippen LogP contribution in [0.5, 0.6) is 0 Å². The molecule has 1 aliphatic heterocycles. The van der Waals surface area contributed by atoms with E-state index in [0.29, 0.717) is 29.9 Å². The first-order chi connectivity index (χ1) is 15.2.